The fraction of sp³-hybridized carbons (Fsp3) is 0.316. The third-order valence-electron chi connectivity index (χ3n) is 5.15. The van der Waals surface area contributed by atoms with Gasteiger partial charge in [-0.2, -0.15) is 4.31 Å². The van der Waals surface area contributed by atoms with Gasteiger partial charge in [0, 0.05) is 38.2 Å². The van der Waals surface area contributed by atoms with E-state index in [9.17, 15) is 17.4 Å². The number of benzene rings is 2. The van der Waals surface area contributed by atoms with Gasteiger partial charge in [0.25, 0.3) is 0 Å². The zero-order chi connectivity index (χ0) is 22.3. The van der Waals surface area contributed by atoms with Crippen LogP contribution in [0.15, 0.2) is 51.0 Å². The maximum absolute atomic E-state index is 13.1. The Balaban J connectivity index is 1.52. The first kappa shape index (κ1) is 22.4. The average Bonchev–Trinajstić information content (AvgIpc) is 3.06. The molecule has 0 spiro atoms. The zero-order valence-corrected chi connectivity index (χ0v) is 20.0. The predicted octanol–water partition coefficient (Wildman–Crippen LogP) is 2.29. The van der Waals surface area contributed by atoms with Crippen molar-refractivity contribution >= 4 is 54.2 Å². The van der Waals surface area contributed by atoms with Crippen LogP contribution in [0.5, 0.6) is 5.75 Å². The Bertz CT molecular complexity index is 1330. The van der Waals surface area contributed by atoms with E-state index in [1.165, 1.54) is 28.1 Å². The quantitative estimate of drug-likeness (QED) is 0.535. The molecule has 0 amide bonds. The molecular weight excluding hydrogens is 482 g/mol. The number of hydrogen-bond acceptors (Lipinski definition) is 6. The number of methoxy groups -OCH3 is 1. The molecule has 0 saturated carbocycles. The average molecular weight is 502 g/mol. The van der Waals surface area contributed by atoms with Gasteiger partial charge in [0.05, 0.1) is 27.1 Å². The monoisotopic (exact) mass is 501 g/mol. The smallest absolute Gasteiger partial charge is 0.307 e. The summed E-state index contributed by atoms with van der Waals surface area (Å²) in [5, 5.41) is 0.448. The van der Waals surface area contributed by atoms with Gasteiger partial charge in [-0.1, -0.05) is 22.9 Å². The summed E-state index contributed by atoms with van der Waals surface area (Å²) in [5.41, 5.74) is 0.699. The molecule has 1 unspecified atom stereocenters. The van der Waals surface area contributed by atoms with Crippen molar-refractivity contribution in [2.75, 3.05) is 33.3 Å². The fourth-order valence-electron chi connectivity index (χ4n) is 3.43. The lowest BCUT2D eigenvalue weighted by molar-refractivity contribution is 0.281. The summed E-state index contributed by atoms with van der Waals surface area (Å²) < 4.78 is 49.8. The molecule has 1 fully saturated rings. The first-order valence-electron chi connectivity index (χ1n) is 9.32. The highest BCUT2D eigenvalue weighted by Gasteiger charge is 2.31. The number of aryl methyl sites for hydroxylation is 1. The van der Waals surface area contributed by atoms with Gasteiger partial charge in [-0.3, -0.25) is 4.79 Å². The van der Waals surface area contributed by atoms with Crippen LogP contribution in [-0.4, -0.2) is 59.1 Å². The van der Waals surface area contributed by atoms with E-state index in [4.69, 9.17) is 16.3 Å². The number of sulfonamides is 1. The maximum atomic E-state index is 13.1. The second kappa shape index (κ2) is 8.64. The number of thiazole rings is 1. The molecule has 1 aliphatic rings. The van der Waals surface area contributed by atoms with Gasteiger partial charge in [0.15, 0.2) is 0 Å². The first-order valence-corrected chi connectivity index (χ1v) is 13.1. The molecule has 31 heavy (non-hydrogen) atoms. The lowest BCUT2D eigenvalue weighted by Gasteiger charge is -2.33. The van der Waals surface area contributed by atoms with Crippen LogP contribution in [0.3, 0.4) is 0 Å². The number of hydrogen-bond donors (Lipinski definition) is 0. The summed E-state index contributed by atoms with van der Waals surface area (Å²) in [5.74, 6) is 0.466. The van der Waals surface area contributed by atoms with Crippen molar-refractivity contribution in [3.05, 3.63) is 51.1 Å². The summed E-state index contributed by atoms with van der Waals surface area (Å²) in [4.78, 5) is 12.3. The van der Waals surface area contributed by atoms with E-state index in [1.54, 1.807) is 35.6 Å². The summed E-state index contributed by atoms with van der Waals surface area (Å²) in [7, 11) is -2.11. The molecule has 166 valence electrons. The van der Waals surface area contributed by atoms with Crippen molar-refractivity contribution in [3.63, 3.8) is 0 Å². The van der Waals surface area contributed by atoms with Crippen molar-refractivity contribution < 1.29 is 17.4 Å². The lowest BCUT2D eigenvalue weighted by Crippen LogP contribution is -2.48. The molecule has 4 rings (SSSR count). The summed E-state index contributed by atoms with van der Waals surface area (Å²) in [6.07, 6.45) is 0. The maximum Gasteiger partial charge on any atom is 0.307 e. The Kier molecular flexibility index (Phi) is 6.25. The topological polar surface area (TPSA) is 88.9 Å². The van der Waals surface area contributed by atoms with Crippen molar-refractivity contribution in [1.82, 2.24) is 13.2 Å². The highest BCUT2D eigenvalue weighted by molar-refractivity contribution is 7.89. The van der Waals surface area contributed by atoms with E-state index in [0.29, 0.717) is 39.0 Å². The van der Waals surface area contributed by atoms with E-state index in [0.717, 1.165) is 11.3 Å². The number of piperazine rings is 1. The third-order valence-corrected chi connectivity index (χ3v) is 9.80. The SMILES string of the molecule is COc1ccc(Cl)cc1S(=O)N1CCN(S(=O)(=O)c2ccc3c(c2)sc(=O)n3C)CC1. The van der Waals surface area contributed by atoms with Crippen LogP contribution >= 0.6 is 22.9 Å². The summed E-state index contributed by atoms with van der Waals surface area (Å²) in [6, 6.07) is 9.62. The van der Waals surface area contributed by atoms with E-state index < -0.39 is 21.0 Å². The highest BCUT2D eigenvalue weighted by Crippen LogP contribution is 2.29. The Hall–Kier alpha value is -1.76. The Morgan fingerprint density at radius 1 is 1.10 bits per heavy atom. The van der Waals surface area contributed by atoms with Crippen molar-refractivity contribution in [1.29, 1.82) is 0 Å². The molecule has 1 atom stereocenters. The number of nitrogens with zero attached hydrogens (tertiary/aromatic N) is 3. The summed E-state index contributed by atoms with van der Waals surface area (Å²) >= 11 is 7.06. The Morgan fingerprint density at radius 3 is 2.48 bits per heavy atom. The minimum absolute atomic E-state index is 0.142. The first-order chi connectivity index (χ1) is 14.7. The van der Waals surface area contributed by atoms with Crippen LogP contribution in [0, 0.1) is 0 Å². The third kappa shape index (κ3) is 4.18. The molecule has 2 heterocycles. The number of ether oxygens (including phenoxy) is 1. The summed E-state index contributed by atoms with van der Waals surface area (Å²) in [6.45, 7) is 0.977. The largest absolute Gasteiger partial charge is 0.495 e. The molecule has 0 N–H and O–H groups in total. The fourth-order valence-corrected chi connectivity index (χ4v) is 7.43. The predicted molar refractivity (Wildman–Crippen MR) is 122 cm³/mol. The van der Waals surface area contributed by atoms with E-state index in [-0.39, 0.29) is 22.9 Å². The van der Waals surface area contributed by atoms with Gasteiger partial charge >= 0.3 is 4.87 Å². The second-order valence-electron chi connectivity index (χ2n) is 6.93. The number of rotatable bonds is 5. The van der Waals surface area contributed by atoms with Crippen molar-refractivity contribution in [2.24, 2.45) is 7.05 Å². The van der Waals surface area contributed by atoms with E-state index in [1.807, 2.05) is 0 Å². The van der Waals surface area contributed by atoms with Gasteiger partial charge in [-0.25, -0.2) is 16.9 Å². The highest BCUT2D eigenvalue weighted by atomic mass is 35.5. The molecule has 1 aliphatic heterocycles. The van der Waals surface area contributed by atoms with Crippen LogP contribution in [0.1, 0.15) is 0 Å². The molecule has 3 aromatic rings. The van der Waals surface area contributed by atoms with Gasteiger partial charge in [-0.15, -0.1) is 0 Å². The number of halogens is 1. The second-order valence-corrected chi connectivity index (χ2v) is 11.8. The minimum atomic E-state index is -3.73. The number of aromatic nitrogens is 1. The van der Waals surface area contributed by atoms with E-state index in [2.05, 4.69) is 0 Å². The van der Waals surface area contributed by atoms with Crippen LogP contribution in [0.2, 0.25) is 5.02 Å². The standard InChI is InChI=1S/C19H20ClN3O5S3/c1-21-15-5-4-14(12-17(15)29-19(21)24)31(26,27)23-9-7-22(8-10-23)30(25)18-11-13(20)3-6-16(18)28-2/h3-6,11-12H,7-10H2,1-2H3. The normalized spacial score (nSPS) is 17.1. The molecule has 8 nitrogen and oxygen atoms in total. The zero-order valence-electron chi connectivity index (χ0n) is 16.8. The molecule has 1 aromatic heterocycles. The minimum Gasteiger partial charge on any atom is -0.495 e. The molecule has 0 bridgehead atoms. The van der Waals surface area contributed by atoms with Crippen LogP contribution in [-0.2, 0) is 28.1 Å². The van der Waals surface area contributed by atoms with Gasteiger partial charge in [0.2, 0.25) is 10.0 Å². The van der Waals surface area contributed by atoms with Gasteiger partial charge < -0.3 is 9.30 Å². The molecule has 2 aromatic carbocycles. The van der Waals surface area contributed by atoms with E-state index >= 15 is 0 Å². The number of fused-ring (bicyclic) bond motifs is 1. The lowest BCUT2D eigenvalue weighted by atomic mass is 10.3. The van der Waals surface area contributed by atoms with Crippen molar-refractivity contribution in [3.8, 4) is 5.75 Å². The van der Waals surface area contributed by atoms with Gasteiger partial charge in [-0.05, 0) is 36.4 Å². The van der Waals surface area contributed by atoms with Crippen LogP contribution in [0.4, 0.5) is 0 Å². The molecule has 1 saturated heterocycles. The molecule has 0 radical (unpaired) electrons. The van der Waals surface area contributed by atoms with Crippen molar-refractivity contribution in [2.45, 2.75) is 9.79 Å². The van der Waals surface area contributed by atoms with Crippen LogP contribution < -0.4 is 9.61 Å². The Morgan fingerprint density at radius 2 is 1.81 bits per heavy atom. The molecule has 0 aliphatic carbocycles. The molecule has 12 heteroatoms. The van der Waals surface area contributed by atoms with Gasteiger partial charge in [0.1, 0.15) is 16.7 Å². The molecular formula is C19H20ClN3O5S3. The Labute approximate surface area is 191 Å². The van der Waals surface area contributed by atoms with Crippen LogP contribution in [0.25, 0.3) is 10.2 Å².